The molecule has 1 rings (SSSR count). The molecular formula is C13H20N2O2S. The minimum absolute atomic E-state index is 0.208. The molecule has 18 heavy (non-hydrogen) atoms. The molecule has 0 aliphatic heterocycles. The van der Waals surface area contributed by atoms with Crippen LogP contribution in [0.1, 0.15) is 26.3 Å². The van der Waals surface area contributed by atoms with Crippen LogP contribution in [-0.4, -0.2) is 15.0 Å². The summed E-state index contributed by atoms with van der Waals surface area (Å²) in [6, 6.07) is 4.84. The lowest BCUT2D eigenvalue weighted by Crippen LogP contribution is -2.24. The van der Waals surface area contributed by atoms with Gasteiger partial charge in [-0.25, -0.2) is 13.1 Å². The minimum Gasteiger partial charge on any atom is -0.398 e. The normalized spacial score (nSPS) is 11.3. The third kappa shape index (κ3) is 3.85. The van der Waals surface area contributed by atoms with Crippen LogP contribution in [0.15, 0.2) is 34.7 Å². The first-order chi connectivity index (χ1) is 8.36. The predicted molar refractivity (Wildman–Crippen MR) is 74.9 cm³/mol. The summed E-state index contributed by atoms with van der Waals surface area (Å²) in [6.07, 6.45) is 2.61. The molecule has 5 heteroatoms. The highest BCUT2D eigenvalue weighted by Crippen LogP contribution is 2.18. The van der Waals surface area contributed by atoms with Gasteiger partial charge in [-0.2, -0.15) is 0 Å². The lowest BCUT2D eigenvalue weighted by Gasteiger charge is -2.08. The topological polar surface area (TPSA) is 72.2 Å². The van der Waals surface area contributed by atoms with E-state index in [1.165, 1.54) is 6.07 Å². The van der Waals surface area contributed by atoms with Crippen molar-refractivity contribution in [2.45, 2.75) is 32.1 Å². The lowest BCUT2D eigenvalue weighted by atomic mass is 10.1. The SMILES string of the molecule is CCc1ccc(S(=O)(=O)NCC=C(C)C)cc1N. The summed E-state index contributed by atoms with van der Waals surface area (Å²) in [5.41, 5.74) is 8.34. The van der Waals surface area contributed by atoms with E-state index in [4.69, 9.17) is 5.73 Å². The van der Waals surface area contributed by atoms with Gasteiger partial charge in [0.05, 0.1) is 4.90 Å². The Hall–Kier alpha value is -1.33. The quantitative estimate of drug-likeness (QED) is 0.634. The first-order valence-corrected chi connectivity index (χ1v) is 7.36. The molecule has 0 heterocycles. The number of hydrogen-bond acceptors (Lipinski definition) is 3. The highest BCUT2D eigenvalue weighted by molar-refractivity contribution is 7.89. The van der Waals surface area contributed by atoms with Crippen LogP contribution in [0.25, 0.3) is 0 Å². The number of nitrogens with one attached hydrogen (secondary N) is 1. The van der Waals surface area contributed by atoms with Crippen molar-refractivity contribution in [1.82, 2.24) is 4.72 Å². The standard InChI is InChI=1S/C13H20N2O2S/c1-4-11-5-6-12(9-13(11)14)18(16,17)15-8-7-10(2)3/h5-7,9,15H,4,8,14H2,1-3H3. The van der Waals surface area contributed by atoms with Gasteiger partial charge in [-0.05, 0) is 38.0 Å². The second-order valence-electron chi connectivity index (χ2n) is 4.35. The third-order valence-electron chi connectivity index (χ3n) is 2.59. The number of allylic oxidation sites excluding steroid dienone is 1. The molecule has 1 aromatic rings. The van der Waals surface area contributed by atoms with E-state index in [1.807, 2.05) is 26.8 Å². The number of hydrogen-bond donors (Lipinski definition) is 2. The molecule has 0 amide bonds. The summed E-state index contributed by atoms with van der Waals surface area (Å²) in [5, 5.41) is 0. The van der Waals surface area contributed by atoms with Crippen LogP contribution in [0.3, 0.4) is 0 Å². The highest BCUT2D eigenvalue weighted by atomic mass is 32.2. The van der Waals surface area contributed by atoms with Crippen molar-refractivity contribution in [3.8, 4) is 0 Å². The van der Waals surface area contributed by atoms with E-state index in [0.29, 0.717) is 12.2 Å². The fraction of sp³-hybridized carbons (Fsp3) is 0.385. The maximum Gasteiger partial charge on any atom is 0.240 e. The van der Waals surface area contributed by atoms with Crippen molar-refractivity contribution in [1.29, 1.82) is 0 Å². The van der Waals surface area contributed by atoms with Gasteiger partial charge in [0.1, 0.15) is 0 Å². The third-order valence-corrected chi connectivity index (χ3v) is 4.01. The van der Waals surface area contributed by atoms with Crippen molar-refractivity contribution in [3.05, 3.63) is 35.4 Å². The van der Waals surface area contributed by atoms with Crippen LogP contribution in [0.4, 0.5) is 5.69 Å². The van der Waals surface area contributed by atoms with Gasteiger partial charge in [0, 0.05) is 12.2 Å². The molecule has 4 nitrogen and oxygen atoms in total. The maximum absolute atomic E-state index is 12.0. The largest absolute Gasteiger partial charge is 0.398 e. The van der Waals surface area contributed by atoms with Gasteiger partial charge in [-0.15, -0.1) is 0 Å². The van der Waals surface area contributed by atoms with Gasteiger partial charge in [-0.3, -0.25) is 0 Å². The number of sulfonamides is 1. The van der Waals surface area contributed by atoms with Gasteiger partial charge in [-0.1, -0.05) is 24.6 Å². The van der Waals surface area contributed by atoms with E-state index in [0.717, 1.165) is 17.6 Å². The van der Waals surface area contributed by atoms with E-state index in [-0.39, 0.29) is 4.90 Å². The molecule has 1 aromatic carbocycles. The van der Waals surface area contributed by atoms with E-state index < -0.39 is 10.0 Å². The van der Waals surface area contributed by atoms with Crippen LogP contribution in [-0.2, 0) is 16.4 Å². The van der Waals surface area contributed by atoms with E-state index in [9.17, 15) is 8.42 Å². The van der Waals surface area contributed by atoms with Gasteiger partial charge in [0.15, 0.2) is 0 Å². The second-order valence-corrected chi connectivity index (χ2v) is 6.11. The number of anilines is 1. The van der Waals surface area contributed by atoms with Gasteiger partial charge >= 0.3 is 0 Å². The van der Waals surface area contributed by atoms with Crippen LogP contribution in [0.5, 0.6) is 0 Å². The molecule has 0 unspecified atom stereocenters. The Morgan fingerprint density at radius 3 is 2.56 bits per heavy atom. The molecule has 0 saturated heterocycles. The molecule has 0 radical (unpaired) electrons. The average molecular weight is 268 g/mol. The van der Waals surface area contributed by atoms with Crippen molar-refractivity contribution >= 4 is 15.7 Å². The van der Waals surface area contributed by atoms with Crippen molar-refractivity contribution in [2.75, 3.05) is 12.3 Å². The molecule has 0 spiro atoms. The smallest absolute Gasteiger partial charge is 0.240 e. The number of rotatable bonds is 5. The lowest BCUT2D eigenvalue weighted by molar-refractivity contribution is 0.585. The monoisotopic (exact) mass is 268 g/mol. The van der Waals surface area contributed by atoms with Gasteiger partial charge in [0.2, 0.25) is 10.0 Å². The number of aryl methyl sites for hydroxylation is 1. The summed E-state index contributed by atoms with van der Waals surface area (Å²) in [5.74, 6) is 0. The van der Waals surface area contributed by atoms with Crippen LogP contribution in [0.2, 0.25) is 0 Å². The summed E-state index contributed by atoms with van der Waals surface area (Å²) < 4.78 is 26.5. The van der Waals surface area contributed by atoms with Crippen molar-refractivity contribution in [2.24, 2.45) is 0 Å². The maximum atomic E-state index is 12.0. The first kappa shape index (κ1) is 14.7. The summed E-state index contributed by atoms with van der Waals surface area (Å²) >= 11 is 0. The van der Waals surface area contributed by atoms with E-state index >= 15 is 0 Å². The number of nitrogens with two attached hydrogens (primary N) is 1. The minimum atomic E-state index is -3.48. The second kappa shape index (κ2) is 6.02. The molecule has 0 saturated carbocycles. The molecule has 0 bridgehead atoms. The molecule has 0 aliphatic carbocycles. The molecule has 0 aliphatic rings. The Morgan fingerprint density at radius 1 is 1.39 bits per heavy atom. The molecule has 100 valence electrons. The Balaban J connectivity index is 2.92. The Kier molecular flexibility index (Phi) is 4.93. The number of nitrogen functional groups attached to an aromatic ring is 1. The zero-order valence-electron chi connectivity index (χ0n) is 11.0. The van der Waals surface area contributed by atoms with Crippen molar-refractivity contribution < 1.29 is 8.42 Å². The zero-order chi connectivity index (χ0) is 13.8. The Labute approximate surface area is 109 Å². The molecule has 0 atom stereocenters. The van der Waals surface area contributed by atoms with Crippen LogP contribution in [0, 0.1) is 0 Å². The summed E-state index contributed by atoms with van der Waals surface area (Å²) in [4.78, 5) is 0.208. The van der Waals surface area contributed by atoms with Crippen LogP contribution < -0.4 is 10.5 Å². The molecular weight excluding hydrogens is 248 g/mol. The summed E-state index contributed by atoms with van der Waals surface area (Å²) in [7, 11) is -3.48. The fourth-order valence-electron chi connectivity index (χ4n) is 1.50. The van der Waals surface area contributed by atoms with E-state index in [1.54, 1.807) is 12.1 Å². The zero-order valence-corrected chi connectivity index (χ0v) is 11.8. The first-order valence-electron chi connectivity index (χ1n) is 5.88. The molecule has 3 N–H and O–H groups in total. The highest BCUT2D eigenvalue weighted by Gasteiger charge is 2.13. The fourth-order valence-corrected chi connectivity index (χ4v) is 2.50. The Bertz CT molecular complexity index is 544. The summed E-state index contributed by atoms with van der Waals surface area (Å²) in [6.45, 7) is 6.11. The predicted octanol–water partition coefficient (Wildman–Crippen LogP) is 2.08. The Morgan fingerprint density at radius 2 is 2.06 bits per heavy atom. The molecule has 0 fully saturated rings. The number of benzene rings is 1. The van der Waals surface area contributed by atoms with Gasteiger partial charge < -0.3 is 5.73 Å². The van der Waals surface area contributed by atoms with Gasteiger partial charge in [0.25, 0.3) is 0 Å². The molecule has 0 aromatic heterocycles. The van der Waals surface area contributed by atoms with Crippen molar-refractivity contribution in [3.63, 3.8) is 0 Å². The van der Waals surface area contributed by atoms with Crippen LogP contribution >= 0.6 is 0 Å². The van der Waals surface area contributed by atoms with E-state index in [2.05, 4.69) is 4.72 Å². The average Bonchev–Trinajstić information content (AvgIpc) is 2.28.